The number of methoxy groups -OCH3 is 1. The van der Waals surface area contributed by atoms with Gasteiger partial charge in [0.05, 0.1) is 7.11 Å². The first-order valence-corrected chi connectivity index (χ1v) is 6.38. The molecule has 2 N–H and O–H groups in total. The number of aliphatic hydroxyl groups excluding tert-OH is 1. The molecule has 0 heterocycles. The smallest absolute Gasteiger partial charge is 0.407 e. The van der Waals surface area contributed by atoms with Gasteiger partial charge in [-0.05, 0) is 30.5 Å². The molecule has 0 unspecified atom stereocenters. The highest BCUT2D eigenvalue weighted by Gasteiger charge is 2.07. The Balaban J connectivity index is 2.53. The Hall–Kier alpha value is -1.75. The van der Waals surface area contributed by atoms with Crippen molar-refractivity contribution in [3.8, 4) is 5.75 Å². The minimum absolute atomic E-state index is 0.0483. The first-order chi connectivity index (χ1) is 9.21. The van der Waals surface area contributed by atoms with Crippen molar-refractivity contribution >= 4 is 6.09 Å². The van der Waals surface area contributed by atoms with Crippen LogP contribution in [0.1, 0.15) is 24.5 Å². The summed E-state index contributed by atoms with van der Waals surface area (Å²) in [6.45, 7) is 2.68. The third-order valence-corrected chi connectivity index (χ3v) is 2.72. The summed E-state index contributed by atoms with van der Waals surface area (Å²) in [6, 6.07) is 5.84. The van der Waals surface area contributed by atoms with Crippen molar-refractivity contribution in [3.05, 3.63) is 29.3 Å². The molecular weight excluding hydrogens is 246 g/mol. The lowest BCUT2D eigenvalue weighted by molar-refractivity contribution is 0.137. The fourth-order valence-corrected chi connectivity index (χ4v) is 1.63. The highest BCUT2D eigenvalue weighted by atomic mass is 16.5. The van der Waals surface area contributed by atoms with Crippen LogP contribution in [0.3, 0.4) is 0 Å². The van der Waals surface area contributed by atoms with Crippen LogP contribution in [0.25, 0.3) is 0 Å². The van der Waals surface area contributed by atoms with Crippen LogP contribution in [0.15, 0.2) is 18.2 Å². The number of alkyl carbamates (subject to hydrolysis) is 1. The van der Waals surface area contributed by atoms with Gasteiger partial charge in [-0.1, -0.05) is 13.0 Å². The Labute approximate surface area is 113 Å². The number of benzene rings is 1. The molecule has 106 valence electrons. The van der Waals surface area contributed by atoms with Crippen molar-refractivity contribution in [2.75, 3.05) is 20.3 Å². The molecule has 0 atom stereocenters. The summed E-state index contributed by atoms with van der Waals surface area (Å²) >= 11 is 0. The van der Waals surface area contributed by atoms with Crippen molar-refractivity contribution in [1.82, 2.24) is 5.32 Å². The van der Waals surface area contributed by atoms with Gasteiger partial charge in [-0.2, -0.15) is 0 Å². The van der Waals surface area contributed by atoms with Gasteiger partial charge in [0.25, 0.3) is 0 Å². The Bertz CT molecular complexity index is 406. The van der Waals surface area contributed by atoms with E-state index in [0.29, 0.717) is 18.7 Å². The van der Waals surface area contributed by atoms with Gasteiger partial charge in [0.1, 0.15) is 12.4 Å². The minimum Gasteiger partial charge on any atom is -0.496 e. The number of rotatable bonds is 7. The van der Waals surface area contributed by atoms with E-state index in [-0.39, 0.29) is 13.2 Å². The van der Waals surface area contributed by atoms with Gasteiger partial charge in [0.2, 0.25) is 0 Å². The molecule has 0 bridgehead atoms. The standard InChI is InChI=1S/C14H21NO4/c1-3-11-5-6-13(18-2)12(9-11)10-19-14(17)15-7-4-8-16/h5-6,9,16H,3-4,7-8,10H2,1-2H3,(H,15,17). The van der Waals surface area contributed by atoms with Gasteiger partial charge >= 0.3 is 6.09 Å². The monoisotopic (exact) mass is 267 g/mol. The van der Waals surface area contributed by atoms with Crippen molar-refractivity contribution in [2.24, 2.45) is 0 Å². The number of ether oxygens (including phenoxy) is 2. The number of carbonyl (C=O) groups is 1. The van der Waals surface area contributed by atoms with Gasteiger partial charge in [-0.25, -0.2) is 4.79 Å². The maximum atomic E-state index is 11.4. The largest absolute Gasteiger partial charge is 0.496 e. The average molecular weight is 267 g/mol. The maximum Gasteiger partial charge on any atom is 0.407 e. The van der Waals surface area contributed by atoms with Gasteiger partial charge in [0.15, 0.2) is 0 Å². The van der Waals surface area contributed by atoms with Crippen LogP contribution in [-0.4, -0.2) is 31.5 Å². The van der Waals surface area contributed by atoms with E-state index >= 15 is 0 Å². The molecule has 0 saturated carbocycles. The Morgan fingerprint density at radius 3 is 2.84 bits per heavy atom. The topological polar surface area (TPSA) is 67.8 Å². The first kappa shape index (κ1) is 15.3. The molecule has 1 amide bonds. The number of amides is 1. The minimum atomic E-state index is -0.489. The zero-order chi connectivity index (χ0) is 14.1. The molecule has 1 aromatic carbocycles. The second-order valence-corrected chi connectivity index (χ2v) is 4.08. The molecule has 0 aromatic heterocycles. The van der Waals surface area contributed by atoms with Crippen molar-refractivity contribution in [3.63, 3.8) is 0 Å². The molecule has 0 spiro atoms. The fourth-order valence-electron chi connectivity index (χ4n) is 1.63. The summed E-state index contributed by atoms with van der Waals surface area (Å²) in [5.41, 5.74) is 2.01. The highest BCUT2D eigenvalue weighted by Crippen LogP contribution is 2.21. The van der Waals surface area contributed by atoms with Gasteiger partial charge in [-0.3, -0.25) is 0 Å². The van der Waals surface area contributed by atoms with E-state index in [2.05, 4.69) is 12.2 Å². The van der Waals surface area contributed by atoms with Crippen LogP contribution in [0.5, 0.6) is 5.75 Å². The molecule has 0 aliphatic heterocycles. The molecule has 0 aliphatic rings. The van der Waals surface area contributed by atoms with E-state index in [9.17, 15) is 4.79 Å². The van der Waals surface area contributed by atoms with Crippen LogP contribution >= 0.6 is 0 Å². The van der Waals surface area contributed by atoms with Crippen molar-refractivity contribution < 1.29 is 19.4 Å². The van der Waals surface area contributed by atoms with Gasteiger partial charge in [-0.15, -0.1) is 0 Å². The van der Waals surface area contributed by atoms with Crippen molar-refractivity contribution in [2.45, 2.75) is 26.4 Å². The summed E-state index contributed by atoms with van der Waals surface area (Å²) in [6.07, 6.45) is 0.945. The van der Waals surface area contributed by atoms with Crippen LogP contribution in [0.4, 0.5) is 4.79 Å². The van der Waals surface area contributed by atoms with Gasteiger partial charge in [0, 0.05) is 18.7 Å². The molecule has 0 radical (unpaired) electrons. The summed E-state index contributed by atoms with van der Waals surface area (Å²) in [5.74, 6) is 0.709. The van der Waals surface area contributed by atoms with E-state index in [1.807, 2.05) is 18.2 Å². The molecular formula is C14H21NO4. The number of aryl methyl sites for hydroxylation is 1. The molecule has 5 heteroatoms. The lowest BCUT2D eigenvalue weighted by Gasteiger charge is -2.11. The maximum absolute atomic E-state index is 11.4. The lowest BCUT2D eigenvalue weighted by atomic mass is 10.1. The molecule has 19 heavy (non-hydrogen) atoms. The molecule has 1 aromatic rings. The van der Waals surface area contributed by atoms with E-state index in [4.69, 9.17) is 14.6 Å². The van der Waals surface area contributed by atoms with Crippen LogP contribution in [0.2, 0.25) is 0 Å². The van der Waals surface area contributed by atoms with E-state index in [1.165, 1.54) is 5.56 Å². The summed E-state index contributed by atoms with van der Waals surface area (Å²) in [7, 11) is 1.59. The quantitative estimate of drug-likeness (QED) is 0.740. The molecule has 1 rings (SSSR count). The summed E-state index contributed by atoms with van der Waals surface area (Å²) in [5, 5.41) is 11.2. The third kappa shape index (κ3) is 5.18. The van der Waals surface area contributed by atoms with Crippen LogP contribution in [-0.2, 0) is 17.8 Å². The highest BCUT2D eigenvalue weighted by molar-refractivity contribution is 5.67. The van der Waals surface area contributed by atoms with Crippen molar-refractivity contribution in [1.29, 1.82) is 0 Å². The number of carbonyl (C=O) groups excluding carboxylic acids is 1. The molecule has 0 fully saturated rings. The number of nitrogens with one attached hydrogen (secondary N) is 1. The molecule has 5 nitrogen and oxygen atoms in total. The average Bonchev–Trinajstić information content (AvgIpc) is 2.45. The van der Waals surface area contributed by atoms with E-state index < -0.39 is 6.09 Å². The number of aliphatic hydroxyl groups is 1. The van der Waals surface area contributed by atoms with E-state index in [0.717, 1.165) is 12.0 Å². The van der Waals surface area contributed by atoms with Crippen LogP contribution < -0.4 is 10.1 Å². The second kappa shape index (κ2) is 8.37. The molecule has 0 aliphatic carbocycles. The van der Waals surface area contributed by atoms with Gasteiger partial charge < -0.3 is 19.9 Å². The fraction of sp³-hybridized carbons (Fsp3) is 0.500. The van der Waals surface area contributed by atoms with Crippen LogP contribution in [0, 0.1) is 0 Å². The zero-order valence-electron chi connectivity index (χ0n) is 11.4. The predicted molar refractivity (Wildman–Crippen MR) is 72.3 cm³/mol. The Morgan fingerprint density at radius 1 is 1.42 bits per heavy atom. The normalized spacial score (nSPS) is 10.1. The third-order valence-electron chi connectivity index (χ3n) is 2.72. The lowest BCUT2D eigenvalue weighted by Crippen LogP contribution is -2.25. The molecule has 0 saturated heterocycles. The number of hydrogen-bond acceptors (Lipinski definition) is 4. The predicted octanol–water partition coefficient (Wildman–Crippen LogP) is 1.87. The van der Waals surface area contributed by atoms with E-state index in [1.54, 1.807) is 7.11 Å². The first-order valence-electron chi connectivity index (χ1n) is 6.38. The Kier molecular flexibility index (Phi) is 6.74. The zero-order valence-corrected chi connectivity index (χ0v) is 11.4. The summed E-state index contributed by atoms with van der Waals surface area (Å²) in [4.78, 5) is 11.4. The summed E-state index contributed by atoms with van der Waals surface area (Å²) < 4.78 is 10.3. The SMILES string of the molecule is CCc1ccc(OC)c(COC(=O)NCCCO)c1. The number of hydrogen-bond donors (Lipinski definition) is 2. The Morgan fingerprint density at radius 2 is 2.21 bits per heavy atom. The second-order valence-electron chi connectivity index (χ2n) is 4.08.